The van der Waals surface area contributed by atoms with Crippen molar-refractivity contribution in [1.82, 2.24) is 20.1 Å². The first-order valence-electron chi connectivity index (χ1n) is 9.32. The summed E-state index contributed by atoms with van der Waals surface area (Å²) in [6.45, 7) is 3.31. The molecule has 4 heterocycles. The smallest absolute Gasteiger partial charge is 0.291 e. The number of aryl methyl sites for hydroxylation is 1. The van der Waals surface area contributed by atoms with Crippen molar-refractivity contribution in [1.29, 1.82) is 0 Å². The van der Waals surface area contributed by atoms with Crippen LogP contribution in [0.5, 0.6) is 0 Å². The van der Waals surface area contributed by atoms with Gasteiger partial charge in [0, 0.05) is 34.9 Å². The molecule has 1 fully saturated rings. The molecule has 0 saturated heterocycles. The van der Waals surface area contributed by atoms with Crippen LogP contribution in [-0.2, 0) is 17.8 Å². The van der Waals surface area contributed by atoms with Crippen LogP contribution in [0.4, 0.5) is 0 Å². The molecule has 0 bridgehead atoms. The lowest BCUT2D eigenvalue weighted by atomic mass is 9.89. The standard InChI is InChI=1S/C18H21N5O3S/c1-9-16-21-15(17(25)20-10-5-11(24)6-10)22-23(16)18-12(7-19-9)13-8-26-4-2-3-14(13)27-18/h7,9-11,24H,2-6,8H2,1H3,(H,20,25). The first-order valence-corrected chi connectivity index (χ1v) is 10.1. The predicted molar refractivity (Wildman–Crippen MR) is 99.7 cm³/mol. The highest BCUT2D eigenvalue weighted by Crippen LogP contribution is 2.37. The van der Waals surface area contributed by atoms with Crippen molar-refractivity contribution in [3.63, 3.8) is 0 Å². The number of aliphatic hydroxyl groups is 1. The number of thiophene rings is 1. The van der Waals surface area contributed by atoms with Gasteiger partial charge >= 0.3 is 0 Å². The van der Waals surface area contributed by atoms with Gasteiger partial charge < -0.3 is 15.2 Å². The fraction of sp³-hybridized carbons (Fsp3) is 0.556. The van der Waals surface area contributed by atoms with E-state index < -0.39 is 0 Å². The zero-order valence-corrected chi connectivity index (χ0v) is 15.8. The van der Waals surface area contributed by atoms with Gasteiger partial charge in [0.2, 0.25) is 5.82 Å². The second-order valence-electron chi connectivity index (χ2n) is 7.33. The Morgan fingerprint density at radius 2 is 2.30 bits per heavy atom. The highest BCUT2D eigenvalue weighted by atomic mass is 32.1. The van der Waals surface area contributed by atoms with Crippen LogP contribution < -0.4 is 5.32 Å². The van der Waals surface area contributed by atoms with Gasteiger partial charge in [-0.3, -0.25) is 9.79 Å². The zero-order valence-electron chi connectivity index (χ0n) is 15.0. The summed E-state index contributed by atoms with van der Waals surface area (Å²) < 4.78 is 7.51. The molecule has 142 valence electrons. The van der Waals surface area contributed by atoms with Gasteiger partial charge in [-0.15, -0.1) is 16.4 Å². The van der Waals surface area contributed by atoms with Crippen LogP contribution in [-0.4, -0.2) is 50.7 Å². The topological polar surface area (TPSA) is 102 Å². The van der Waals surface area contributed by atoms with Gasteiger partial charge in [0.25, 0.3) is 5.91 Å². The Labute approximate surface area is 160 Å². The summed E-state index contributed by atoms with van der Waals surface area (Å²) in [4.78, 5) is 22.9. The van der Waals surface area contributed by atoms with Crippen molar-refractivity contribution < 1.29 is 14.6 Å². The minimum Gasteiger partial charge on any atom is -0.393 e. The Bertz CT molecular complexity index is 928. The second kappa shape index (κ2) is 6.50. The van der Waals surface area contributed by atoms with Gasteiger partial charge in [-0.05, 0) is 32.6 Å². The van der Waals surface area contributed by atoms with E-state index in [1.54, 1.807) is 16.0 Å². The SMILES string of the molecule is CC1N=Cc2c(sc3c2COCCC3)-n2nc(C(=O)NC3CC(O)C3)nc21. The van der Waals surface area contributed by atoms with E-state index in [2.05, 4.69) is 20.4 Å². The number of ether oxygens (including phenoxy) is 1. The van der Waals surface area contributed by atoms with Crippen LogP contribution in [0.15, 0.2) is 4.99 Å². The summed E-state index contributed by atoms with van der Waals surface area (Å²) in [5.41, 5.74) is 2.21. The molecule has 3 aliphatic rings. The average Bonchev–Trinajstić information content (AvgIpc) is 3.09. The van der Waals surface area contributed by atoms with Crippen LogP contribution >= 0.6 is 11.3 Å². The Kier molecular flexibility index (Phi) is 4.10. The number of aliphatic hydroxyl groups excluding tert-OH is 1. The van der Waals surface area contributed by atoms with Crippen molar-refractivity contribution in [2.45, 2.75) is 57.4 Å². The molecule has 2 aromatic rings. The number of fused-ring (bicyclic) bond motifs is 5. The fourth-order valence-corrected chi connectivity index (χ4v) is 5.00. The third-order valence-electron chi connectivity index (χ3n) is 5.33. The number of nitrogens with zero attached hydrogens (tertiary/aromatic N) is 4. The summed E-state index contributed by atoms with van der Waals surface area (Å²) in [6.07, 6.45) is 4.74. The average molecular weight is 387 g/mol. The molecule has 1 atom stereocenters. The van der Waals surface area contributed by atoms with E-state index in [4.69, 9.17) is 4.74 Å². The van der Waals surface area contributed by atoms with Crippen LogP contribution in [0.2, 0.25) is 0 Å². The molecule has 1 saturated carbocycles. The minimum absolute atomic E-state index is 0.00300. The van der Waals surface area contributed by atoms with E-state index in [0.29, 0.717) is 25.3 Å². The largest absolute Gasteiger partial charge is 0.393 e. The second-order valence-corrected chi connectivity index (χ2v) is 8.42. The van der Waals surface area contributed by atoms with E-state index in [0.717, 1.165) is 30.0 Å². The first kappa shape index (κ1) is 17.0. The molecule has 2 aromatic heterocycles. The summed E-state index contributed by atoms with van der Waals surface area (Å²) in [6, 6.07) is -0.191. The normalized spacial score (nSPS) is 26.2. The molecular formula is C18H21N5O3S. The van der Waals surface area contributed by atoms with Crippen molar-refractivity contribution in [3.8, 4) is 5.00 Å². The number of nitrogens with one attached hydrogen (secondary N) is 1. The Hall–Kier alpha value is -2.10. The number of hydrogen-bond acceptors (Lipinski definition) is 7. The molecule has 0 radical (unpaired) electrons. The molecule has 0 spiro atoms. The first-order chi connectivity index (χ1) is 13.1. The van der Waals surface area contributed by atoms with Crippen LogP contribution in [0.25, 0.3) is 5.00 Å². The van der Waals surface area contributed by atoms with E-state index in [9.17, 15) is 9.90 Å². The molecule has 1 amide bonds. The predicted octanol–water partition coefficient (Wildman–Crippen LogP) is 1.54. The number of rotatable bonds is 2. The molecule has 2 N–H and O–H groups in total. The maximum Gasteiger partial charge on any atom is 0.291 e. The number of aliphatic imine (C=N–C) groups is 1. The molecule has 27 heavy (non-hydrogen) atoms. The summed E-state index contributed by atoms with van der Waals surface area (Å²) in [5.74, 6) is 0.522. The molecule has 9 heteroatoms. The quantitative estimate of drug-likeness (QED) is 0.814. The Balaban J connectivity index is 1.51. The molecular weight excluding hydrogens is 366 g/mol. The third-order valence-corrected chi connectivity index (χ3v) is 6.61. The third kappa shape index (κ3) is 2.90. The van der Waals surface area contributed by atoms with Gasteiger partial charge in [-0.25, -0.2) is 9.67 Å². The number of hydrogen-bond donors (Lipinski definition) is 2. The lowest BCUT2D eigenvalue weighted by Crippen LogP contribution is -2.47. The van der Waals surface area contributed by atoms with Crippen LogP contribution in [0, 0.1) is 0 Å². The van der Waals surface area contributed by atoms with Crippen LogP contribution in [0.1, 0.15) is 64.7 Å². The van der Waals surface area contributed by atoms with Gasteiger partial charge in [0.1, 0.15) is 11.0 Å². The molecule has 0 aromatic carbocycles. The van der Waals surface area contributed by atoms with Gasteiger partial charge in [-0.2, -0.15) is 0 Å². The Morgan fingerprint density at radius 3 is 3.11 bits per heavy atom. The lowest BCUT2D eigenvalue weighted by Gasteiger charge is -2.31. The minimum atomic E-state index is -0.317. The summed E-state index contributed by atoms with van der Waals surface area (Å²) in [7, 11) is 0. The summed E-state index contributed by atoms with van der Waals surface area (Å²) in [5, 5.41) is 17.8. The Morgan fingerprint density at radius 1 is 1.44 bits per heavy atom. The van der Waals surface area contributed by atoms with E-state index in [1.807, 2.05) is 13.1 Å². The molecule has 2 aliphatic heterocycles. The van der Waals surface area contributed by atoms with Gasteiger partial charge in [-0.1, -0.05) is 0 Å². The summed E-state index contributed by atoms with van der Waals surface area (Å²) >= 11 is 1.69. The van der Waals surface area contributed by atoms with Crippen molar-refractivity contribution in [3.05, 3.63) is 27.7 Å². The van der Waals surface area contributed by atoms with Crippen molar-refractivity contribution in [2.75, 3.05) is 6.61 Å². The number of amides is 1. The van der Waals surface area contributed by atoms with Crippen LogP contribution in [0.3, 0.4) is 0 Å². The maximum absolute atomic E-state index is 12.5. The highest BCUT2D eigenvalue weighted by Gasteiger charge is 2.32. The molecule has 1 aliphatic carbocycles. The maximum atomic E-state index is 12.5. The number of aromatic nitrogens is 3. The van der Waals surface area contributed by atoms with Crippen molar-refractivity contribution in [2.24, 2.45) is 4.99 Å². The van der Waals surface area contributed by atoms with Gasteiger partial charge in [0.05, 0.1) is 12.7 Å². The highest BCUT2D eigenvalue weighted by molar-refractivity contribution is 7.15. The molecule has 5 rings (SSSR count). The van der Waals surface area contributed by atoms with Gasteiger partial charge in [0.15, 0.2) is 5.82 Å². The van der Waals surface area contributed by atoms with Crippen molar-refractivity contribution >= 4 is 23.5 Å². The molecule has 1 unspecified atom stereocenters. The van der Waals surface area contributed by atoms with E-state index in [1.165, 1.54) is 10.4 Å². The fourth-order valence-electron chi connectivity index (χ4n) is 3.72. The molecule has 8 nitrogen and oxygen atoms in total. The lowest BCUT2D eigenvalue weighted by molar-refractivity contribution is 0.0558. The monoisotopic (exact) mass is 387 g/mol. The van der Waals surface area contributed by atoms with E-state index in [-0.39, 0.29) is 29.9 Å². The number of carbonyl (C=O) groups is 1. The van der Waals surface area contributed by atoms with E-state index >= 15 is 0 Å². The number of carbonyl (C=O) groups excluding carboxylic acids is 1. The zero-order chi connectivity index (χ0) is 18.5.